The number of rotatable bonds is 3. The second-order valence-electron chi connectivity index (χ2n) is 5.60. The van der Waals surface area contributed by atoms with Gasteiger partial charge >= 0.3 is 0 Å². The maximum atomic E-state index is 13.0. The molecule has 106 valence electrons. The van der Waals surface area contributed by atoms with Crippen molar-refractivity contribution >= 4 is 11.8 Å². The highest BCUT2D eigenvalue weighted by molar-refractivity contribution is 5.91. The number of benzene rings is 1. The van der Waals surface area contributed by atoms with Crippen molar-refractivity contribution in [2.75, 3.05) is 6.54 Å². The third-order valence-electron chi connectivity index (χ3n) is 4.18. The molecule has 2 amide bonds. The predicted octanol–water partition coefficient (Wildman–Crippen LogP) is 1.25. The Morgan fingerprint density at radius 3 is 2.55 bits per heavy atom. The number of hydrogen-bond donors (Lipinski definition) is 2. The second kappa shape index (κ2) is 4.89. The Labute approximate surface area is 116 Å². The molecular formula is C15H17FN2O2. The summed E-state index contributed by atoms with van der Waals surface area (Å²) < 4.78 is 13.0. The predicted molar refractivity (Wildman–Crippen MR) is 71.5 cm³/mol. The Morgan fingerprint density at radius 1 is 1.30 bits per heavy atom. The van der Waals surface area contributed by atoms with Gasteiger partial charge in [0.15, 0.2) is 0 Å². The number of halogens is 1. The number of piperidine rings is 1. The standard InChI is InChI=1S/C15H17FN2O2/c16-11-3-1-10(2-4-11)15(7-8-15)14(20)18-12-5-6-13(19)17-9-12/h1-4,12H,5-9H2,(H,17,19)(H,18,20). The van der Waals surface area contributed by atoms with Crippen LogP contribution in [0, 0.1) is 5.82 Å². The smallest absolute Gasteiger partial charge is 0.230 e. The van der Waals surface area contributed by atoms with Gasteiger partial charge in [0.05, 0.1) is 5.41 Å². The molecule has 1 unspecified atom stereocenters. The molecule has 3 rings (SSSR count). The molecule has 4 nitrogen and oxygen atoms in total. The molecule has 5 heteroatoms. The van der Waals surface area contributed by atoms with E-state index in [9.17, 15) is 14.0 Å². The van der Waals surface area contributed by atoms with Crippen LogP contribution in [0.5, 0.6) is 0 Å². The molecule has 1 saturated carbocycles. The second-order valence-corrected chi connectivity index (χ2v) is 5.60. The monoisotopic (exact) mass is 276 g/mol. The minimum Gasteiger partial charge on any atom is -0.354 e. The SMILES string of the molecule is O=C1CCC(NC(=O)C2(c3ccc(F)cc3)CC2)CN1. The van der Waals surface area contributed by atoms with Crippen LogP contribution in [0.25, 0.3) is 0 Å². The summed E-state index contributed by atoms with van der Waals surface area (Å²) in [6.45, 7) is 0.490. The van der Waals surface area contributed by atoms with E-state index >= 15 is 0 Å². The zero-order chi connectivity index (χ0) is 14.2. The number of amides is 2. The summed E-state index contributed by atoms with van der Waals surface area (Å²) >= 11 is 0. The minimum atomic E-state index is -0.491. The lowest BCUT2D eigenvalue weighted by molar-refractivity contribution is -0.127. The molecule has 1 aromatic rings. The van der Waals surface area contributed by atoms with Gasteiger partial charge in [0, 0.05) is 19.0 Å². The van der Waals surface area contributed by atoms with Gasteiger partial charge in [-0.25, -0.2) is 4.39 Å². The van der Waals surface area contributed by atoms with Crippen LogP contribution in [0.1, 0.15) is 31.2 Å². The molecule has 1 aromatic carbocycles. The third kappa shape index (κ3) is 2.40. The lowest BCUT2D eigenvalue weighted by Gasteiger charge is -2.26. The minimum absolute atomic E-state index is 0.00174. The summed E-state index contributed by atoms with van der Waals surface area (Å²) in [5.74, 6) is -0.264. The van der Waals surface area contributed by atoms with Gasteiger partial charge in [0.25, 0.3) is 0 Å². The van der Waals surface area contributed by atoms with E-state index in [2.05, 4.69) is 10.6 Å². The summed E-state index contributed by atoms with van der Waals surface area (Å²) in [6, 6.07) is 6.15. The van der Waals surface area contributed by atoms with Crippen molar-refractivity contribution in [3.8, 4) is 0 Å². The lowest BCUT2D eigenvalue weighted by atomic mass is 9.94. The highest BCUT2D eigenvalue weighted by Crippen LogP contribution is 2.48. The van der Waals surface area contributed by atoms with Gasteiger partial charge in [-0.15, -0.1) is 0 Å². The van der Waals surface area contributed by atoms with Crippen LogP contribution in [-0.4, -0.2) is 24.4 Å². The Morgan fingerprint density at radius 2 is 2.00 bits per heavy atom. The number of nitrogens with one attached hydrogen (secondary N) is 2. The third-order valence-corrected chi connectivity index (χ3v) is 4.18. The van der Waals surface area contributed by atoms with E-state index < -0.39 is 5.41 Å². The van der Waals surface area contributed by atoms with Crippen LogP contribution in [0.15, 0.2) is 24.3 Å². The average molecular weight is 276 g/mol. The van der Waals surface area contributed by atoms with E-state index in [0.29, 0.717) is 19.4 Å². The zero-order valence-electron chi connectivity index (χ0n) is 11.1. The van der Waals surface area contributed by atoms with Gasteiger partial charge in [-0.3, -0.25) is 9.59 Å². The van der Waals surface area contributed by atoms with Gasteiger partial charge in [-0.1, -0.05) is 12.1 Å². The van der Waals surface area contributed by atoms with Crippen LogP contribution in [0.4, 0.5) is 4.39 Å². The number of carbonyl (C=O) groups excluding carboxylic acids is 2. The van der Waals surface area contributed by atoms with E-state index in [1.54, 1.807) is 12.1 Å². The summed E-state index contributed by atoms with van der Waals surface area (Å²) in [5, 5.41) is 5.76. The number of hydrogen-bond acceptors (Lipinski definition) is 2. The molecule has 20 heavy (non-hydrogen) atoms. The van der Waals surface area contributed by atoms with E-state index in [-0.39, 0.29) is 23.7 Å². The fourth-order valence-electron chi connectivity index (χ4n) is 2.72. The Kier molecular flexibility index (Phi) is 3.20. The van der Waals surface area contributed by atoms with Crippen molar-refractivity contribution in [1.29, 1.82) is 0 Å². The fourth-order valence-corrected chi connectivity index (χ4v) is 2.72. The maximum absolute atomic E-state index is 13.0. The summed E-state index contributed by atoms with van der Waals surface area (Å²) in [6.07, 6.45) is 2.72. The van der Waals surface area contributed by atoms with Gasteiger partial charge in [-0.05, 0) is 37.0 Å². The lowest BCUT2D eigenvalue weighted by Crippen LogP contribution is -2.50. The van der Waals surface area contributed by atoms with Crippen LogP contribution >= 0.6 is 0 Å². The van der Waals surface area contributed by atoms with Crippen molar-refractivity contribution in [2.24, 2.45) is 0 Å². The molecule has 1 saturated heterocycles. The molecule has 0 spiro atoms. The molecule has 0 bridgehead atoms. The Balaban J connectivity index is 1.67. The Bertz CT molecular complexity index is 527. The van der Waals surface area contributed by atoms with Crippen LogP contribution in [-0.2, 0) is 15.0 Å². The van der Waals surface area contributed by atoms with Gasteiger partial charge in [-0.2, -0.15) is 0 Å². The maximum Gasteiger partial charge on any atom is 0.230 e. The fraction of sp³-hybridized carbons (Fsp3) is 0.467. The first-order chi connectivity index (χ1) is 9.60. The normalized spacial score (nSPS) is 23.9. The molecule has 1 aliphatic heterocycles. The molecular weight excluding hydrogens is 259 g/mol. The summed E-state index contributed by atoms with van der Waals surface area (Å²) in [7, 11) is 0. The molecule has 1 heterocycles. The van der Waals surface area contributed by atoms with Crippen LogP contribution in [0.3, 0.4) is 0 Å². The molecule has 1 aliphatic carbocycles. The van der Waals surface area contributed by atoms with E-state index in [1.165, 1.54) is 12.1 Å². The quantitative estimate of drug-likeness (QED) is 0.873. The molecule has 2 N–H and O–H groups in total. The largest absolute Gasteiger partial charge is 0.354 e. The Hall–Kier alpha value is -1.91. The molecule has 2 aliphatic rings. The first-order valence-electron chi connectivity index (χ1n) is 6.94. The van der Waals surface area contributed by atoms with Crippen LogP contribution in [0.2, 0.25) is 0 Å². The molecule has 2 fully saturated rings. The highest BCUT2D eigenvalue weighted by atomic mass is 19.1. The van der Waals surface area contributed by atoms with Crippen molar-refractivity contribution < 1.29 is 14.0 Å². The summed E-state index contributed by atoms with van der Waals surface area (Å²) in [4.78, 5) is 23.5. The number of carbonyl (C=O) groups is 2. The summed E-state index contributed by atoms with van der Waals surface area (Å²) in [5.41, 5.74) is 0.381. The van der Waals surface area contributed by atoms with E-state index in [0.717, 1.165) is 18.4 Å². The van der Waals surface area contributed by atoms with E-state index in [4.69, 9.17) is 0 Å². The van der Waals surface area contributed by atoms with Crippen molar-refractivity contribution in [3.05, 3.63) is 35.6 Å². The molecule has 1 atom stereocenters. The van der Waals surface area contributed by atoms with Gasteiger partial charge in [0.2, 0.25) is 11.8 Å². The topological polar surface area (TPSA) is 58.2 Å². The van der Waals surface area contributed by atoms with Crippen LogP contribution < -0.4 is 10.6 Å². The van der Waals surface area contributed by atoms with Crippen molar-refractivity contribution in [3.63, 3.8) is 0 Å². The average Bonchev–Trinajstić information content (AvgIpc) is 3.24. The van der Waals surface area contributed by atoms with Gasteiger partial charge in [0.1, 0.15) is 5.82 Å². The van der Waals surface area contributed by atoms with E-state index in [1.807, 2.05) is 0 Å². The molecule has 0 aromatic heterocycles. The molecule has 0 radical (unpaired) electrons. The van der Waals surface area contributed by atoms with Crippen molar-refractivity contribution in [2.45, 2.75) is 37.1 Å². The highest BCUT2D eigenvalue weighted by Gasteiger charge is 2.51. The van der Waals surface area contributed by atoms with Crippen molar-refractivity contribution in [1.82, 2.24) is 10.6 Å². The first kappa shape index (κ1) is 13.1. The zero-order valence-corrected chi connectivity index (χ0v) is 11.1. The first-order valence-corrected chi connectivity index (χ1v) is 6.94. The van der Waals surface area contributed by atoms with Gasteiger partial charge < -0.3 is 10.6 Å².